The van der Waals surface area contributed by atoms with Gasteiger partial charge >= 0.3 is 6.03 Å². The number of nitrogens with zero attached hydrogens (tertiary/aromatic N) is 3. The number of urea groups is 1. The largest absolute Gasteiger partial charge is 0.357 e. The fraction of sp³-hybridized carbons (Fsp3) is 0.333. The van der Waals surface area contributed by atoms with Crippen LogP contribution in [0.3, 0.4) is 0 Å². The highest BCUT2D eigenvalue weighted by molar-refractivity contribution is 7.13. The second-order valence-corrected chi connectivity index (χ2v) is 6.01. The molecule has 1 atom stereocenters. The lowest BCUT2D eigenvalue weighted by molar-refractivity contribution is -0.124. The fourth-order valence-corrected chi connectivity index (χ4v) is 3.30. The Bertz CT molecular complexity index is 703. The number of hydrogen-bond acceptors (Lipinski definition) is 5. The number of anilines is 1. The van der Waals surface area contributed by atoms with E-state index >= 15 is 0 Å². The van der Waals surface area contributed by atoms with Gasteiger partial charge in [-0.3, -0.25) is 15.1 Å². The van der Waals surface area contributed by atoms with Crippen LogP contribution >= 0.6 is 11.3 Å². The molecule has 2 aromatic rings. The number of nitrogens with one attached hydrogen (secondary N) is 2. The van der Waals surface area contributed by atoms with Gasteiger partial charge in [-0.1, -0.05) is 6.07 Å². The van der Waals surface area contributed by atoms with Crippen LogP contribution in [0.25, 0.3) is 10.7 Å². The first-order chi connectivity index (χ1) is 11.2. The molecule has 0 radical (unpaired) electrons. The molecule has 0 saturated carbocycles. The summed E-state index contributed by atoms with van der Waals surface area (Å²) in [5, 5.41) is 7.87. The van der Waals surface area contributed by atoms with E-state index in [1.165, 1.54) is 11.3 Å². The molecule has 1 saturated heterocycles. The van der Waals surface area contributed by atoms with Crippen molar-refractivity contribution < 1.29 is 9.59 Å². The molecule has 2 aromatic heterocycles. The van der Waals surface area contributed by atoms with E-state index in [2.05, 4.69) is 20.6 Å². The van der Waals surface area contributed by atoms with Crippen molar-refractivity contribution in [2.45, 2.75) is 18.9 Å². The van der Waals surface area contributed by atoms with Crippen molar-refractivity contribution in [1.29, 1.82) is 0 Å². The van der Waals surface area contributed by atoms with E-state index in [4.69, 9.17) is 0 Å². The van der Waals surface area contributed by atoms with Crippen LogP contribution in [-0.4, -0.2) is 46.4 Å². The molecule has 1 aliphatic heterocycles. The third kappa shape index (κ3) is 3.31. The molecule has 7 nitrogen and oxygen atoms in total. The lowest BCUT2D eigenvalue weighted by atomic mass is 10.2. The molecule has 3 amide bonds. The van der Waals surface area contributed by atoms with E-state index in [1.807, 2.05) is 18.2 Å². The van der Waals surface area contributed by atoms with E-state index < -0.39 is 6.04 Å². The molecule has 0 aromatic carbocycles. The molecule has 0 spiro atoms. The van der Waals surface area contributed by atoms with Crippen LogP contribution in [0.1, 0.15) is 12.8 Å². The number of amides is 3. The monoisotopic (exact) mass is 331 g/mol. The molecule has 8 heteroatoms. The summed E-state index contributed by atoms with van der Waals surface area (Å²) in [5.41, 5.74) is 0.766. The van der Waals surface area contributed by atoms with Gasteiger partial charge in [0.2, 0.25) is 5.91 Å². The SMILES string of the molecule is CNC(=O)[C@@H]1CCCN1C(=O)Nc1csc(-c2ccccn2)n1. The number of likely N-dealkylation sites (N-methyl/N-ethyl adjacent to an activating group) is 1. The van der Waals surface area contributed by atoms with Gasteiger partial charge in [-0.05, 0) is 25.0 Å². The van der Waals surface area contributed by atoms with Crippen LogP contribution in [0.5, 0.6) is 0 Å². The highest BCUT2D eigenvalue weighted by atomic mass is 32.1. The van der Waals surface area contributed by atoms with Crippen LogP contribution in [0.4, 0.5) is 10.6 Å². The summed E-state index contributed by atoms with van der Waals surface area (Å²) in [6, 6.07) is 4.89. The Morgan fingerprint density at radius 3 is 3.00 bits per heavy atom. The minimum atomic E-state index is -0.408. The van der Waals surface area contributed by atoms with Crippen LogP contribution in [0.2, 0.25) is 0 Å². The smallest absolute Gasteiger partial charge is 0.323 e. The first-order valence-corrected chi connectivity index (χ1v) is 8.23. The first-order valence-electron chi connectivity index (χ1n) is 7.35. The zero-order valence-electron chi connectivity index (χ0n) is 12.7. The van der Waals surface area contributed by atoms with Gasteiger partial charge in [0.1, 0.15) is 16.9 Å². The number of rotatable bonds is 3. The highest BCUT2D eigenvalue weighted by Crippen LogP contribution is 2.25. The zero-order valence-corrected chi connectivity index (χ0v) is 13.5. The number of likely N-dealkylation sites (tertiary alicyclic amines) is 1. The maximum atomic E-state index is 12.4. The van der Waals surface area contributed by atoms with Crippen LogP contribution < -0.4 is 10.6 Å². The summed E-state index contributed by atoms with van der Waals surface area (Å²) in [6.45, 7) is 0.571. The minimum Gasteiger partial charge on any atom is -0.357 e. The van der Waals surface area contributed by atoms with Gasteiger partial charge < -0.3 is 10.2 Å². The highest BCUT2D eigenvalue weighted by Gasteiger charge is 2.33. The molecule has 1 fully saturated rings. The Hall–Kier alpha value is -2.48. The zero-order chi connectivity index (χ0) is 16.2. The van der Waals surface area contributed by atoms with Gasteiger partial charge in [0, 0.05) is 25.2 Å². The lowest BCUT2D eigenvalue weighted by Crippen LogP contribution is -2.46. The van der Waals surface area contributed by atoms with Crippen LogP contribution in [0.15, 0.2) is 29.8 Å². The summed E-state index contributed by atoms with van der Waals surface area (Å²) in [6.07, 6.45) is 3.21. The Morgan fingerprint density at radius 1 is 1.39 bits per heavy atom. The van der Waals surface area contributed by atoms with Gasteiger partial charge in [-0.15, -0.1) is 11.3 Å². The Kier molecular flexibility index (Phi) is 4.52. The molecule has 0 bridgehead atoms. The Labute approximate surface area is 137 Å². The maximum Gasteiger partial charge on any atom is 0.323 e. The summed E-state index contributed by atoms with van der Waals surface area (Å²) in [4.78, 5) is 34.4. The number of pyridine rings is 1. The molecule has 3 heterocycles. The summed E-state index contributed by atoms with van der Waals surface area (Å²) < 4.78 is 0. The Morgan fingerprint density at radius 2 is 2.26 bits per heavy atom. The normalized spacial score (nSPS) is 17.1. The summed E-state index contributed by atoms with van der Waals surface area (Å²) in [5.74, 6) is 0.341. The van der Waals surface area contributed by atoms with Crippen LogP contribution in [-0.2, 0) is 4.79 Å². The summed E-state index contributed by atoms with van der Waals surface area (Å²) >= 11 is 1.41. The van der Waals surface area contributed by atoms with Crippen molar-refractivity contribution in [2.24, 2.45) is 0 Å². The van der Waals surface area contributed by atoms with Crippen molar-refractivity contribution in [3.63, 3.8) is 0 Å². The van der Waals surface area contributed by atoms with E-state index in [9.17, 15) is 9.59 Å². The minimum absolute atomic E-state index is 0.134. The number of thiazole rings is 1. The van der Waals surface area contributed by atoms with E-state index in [0.29, 0.717) is 18.8 Å². The lowest BCUT2D eigenvalue weighted by Gasteiger charge is -2.23. The number of aromatic nitrogens is 2. The summed E-state index contributed by atoms with van der Waals surface area (Å²) in [7, 11) is 1.58. The van der Waals surface area contributed by atoms with E-state index in [1.54, 1.807) is 23.5 Å². The van der Waals surface area contributed by atoms with Gasteiger partial charge in [-0.25, -0.2) is 9.78 Å². The van der Waals surface area contributed by atoms with Crippen molar-refractivity contribution in [3.05, 3.63) is 29.8 Å². The van der Waals surface area contributed by atoms with Crippen molar-refractivity contribution in [2.75, 3.05) is 18.9 Å². The molecule has 1 aliphatic rings. The van der Waals surface area contributed by atoms with Gasteiger partial charge in [-0.2, -0.15) is 0 Å². The quantitative estimate of drug-likeness (QED) is 0.900. The van der Waals surface area contributed by atoms with Crippen LogP contribution in [0, 0.1) is 0 Å². The van der Waals surface area contributed by atoms with E-state index in [0.717, 1.165) is 17.1 Å². The number of hydrogen-bond donors (Lipinski definition) is 2. The fourth-order valence-electron chi connectivity index (χ4n) is 2.57. The molecular weight excluding hydrogens is 314 g/mol. The van der Waals surface area contributed by atoms with Crippen molar-refractivity contribution in [3.8, 4) is 10.7 Å². The van der Waals surface area contributed by atoms with E-state index in [-0.39, 0.29) is 11.9 Å². The average molecular weight is 331 g/mol. The van der Waals surface area contributed by atoms with Gasteiger partial charge in [0.05, 0.1) is 5.69 Å². The van der Waals surface area contributed by atoms with Gasteiger partial charge in [0.15, 0.2) is 0 Å². The predicted molar refractivity (Wildman–Crippen MR) is 88.2 cm³/mol. The molecule has 0 unspecified atom stereocenters. The third-order valence-electron chi connectivity index (χ3n) is 3.69. The maximum absolute atomic E-state index is 12.4. The molecule has 23 heavy (non-hydrogen) atoms. The predicted octanol–water partition coefficient (Wildman–Crippen LogP) is 1.95. The molecule has 120 valence electrons. The number of carbonyl (C=O) groups excluding carboxylic acids is 2. The number of carbonyl (C=O) groups is 2. The second kappa shape index (κ2) is 6.74. The molecule has 2 N–H and O–H groups in total. The third-order valence-corrected chi connectivity index (χ3v) is 4.55. The molecular formula is C15H17N5O2S. The van der Waals surface area contributed by atoms with Crippen molar-refractivity contribution >= 4 is 29.1 Å². The Balaban J connectivity index is 1.69. The standard InChI is InChI=1S/C15H17N5O2S/c1-16-13(21)11-6-4-8-20(11)15(22)19-12-9-23-14(18-12)10-5-2-3-7-17-10/h2-3,5,7,9,11H,4,6,8H2,1H3,(H,16,21)(H,19,22)/t11-/m0/s1. The second-order valence-electron chi connectivity index (χ2n) is 5.15. The molecule has 0 aliphatic carbocycles. The van der Waals surface area contributed by atoms with Gasteiger partial charge in [0.25, 0.3) is 0 Å². The first kappa shape index (κ1) is 15.4. The van der Waals surface area contributed by atoms with Crippen molar-refractivity contribution in [1.82, 2.24) is 20.2 Å². The average Bonchev–Trinajstić information content (AvgIpc) is 3.24. The topological polar surface area (TPSA) is 87.2 Å². The molecule has 3 rings (SSSR count).